The minimum atomic E-state index is -0.320. The lowest BCUT2D eigenvalue weighted by Crippen LogP contribution is -2.56. The fourth-order valence-electron chi connectivity index (χ4n) is 6.06. The molecule has 0 radical (unpaired) electrons. The van der Waals surface area contributed by atoms with Crippen molar-refractivity contribution in [1.29, 1.82) is 5.26 Å². The highest BCUT2D eigenvalue weighted by atomic mass is 35.5. The van der Waals surface area contributed by atoms with Crippen molar-refractivity contribution in [3.8, 4) is 6.07 Å². The van der Waals surface area contributed by atoms with Gasteiger partial charge in [-0.1, -0.05) is 11.6 Å². The number of carbonyl (C=O) groups excluding carboxylic acids is 1. The normalized spacial score (nSPS) is 31.9. The summed E-state index contributed by atoms with van der Waals surface area (Å²) in [7, 11) is 0. The van der Waals surface area contributed by atoms with E-state index in [1.807, 2.05) is 6.07 Å². The van der Waals surface area contributed by atoms with Crippen LogP contribution in [0, 0.1) is 34.5 Å². The second-order valence-electron chi connectivity index (χ2n) is 9.03. The first-order valence-corrected chi connectivity index (χ1v) is 10.5. The van der Waals surface area contributed by atoms with E-state index in [9.17, 15) is 10.1 Å². The zero-order valence-electron chi connectivity index (χ0n) is 16.2. The van der Waals surface area contributed by atoms with Gasteiger partial charge in [0.1, 0.15) is 11.6 Å². The van der Waals surface area contributed by atoms with Crippen molar-refractivity contribution in [2.75, 3.05) is 11.1 Å². The first-order valence-electron chi connectivity index (χ1n) is 10.1. The number of nitrogens with two attached hydrogens (primary N) is 1. The Morgan fingerprint density at radius 2 is 1.89 bits per heavy atom. The number of halogens is 1. The number of nitrogens with zero attached hydrogens (tertiary/aromatic N) is 1. The van der Waals surface area contributed by atoms with Crippen molar-refractivity contribution in [2.24, 2.45) is 23.2 Å². The number of anilines is 2. The van der Waals surface area contributed by atoms with Gasteiger partial charge < -0.3 is 16.4 Å². The average Bonchev–Trinajstić information content (AvgIpc) is 2.64. The summed E-state index contributed by atoms with van der Waals surface area (Å²) in [5.41, 5.74) is 7.14. The largest absolute Gasteiger partial charge is 0.398 e. The quantitative estimate of drug-likeness (QED) is 0.388. The van der Waals surface area contributed by atoms with Gasteiger partial charge in [-0.3, -0.25) is 4.79 Å². The van der Waals surface area contributed by atoms with Gasteiger partial charge in [0.25, 0.3) is 5.91 Å². The predicted octanol–water partition coefficient (Wildman–Crippen LogP) is 4.46. The number of nitrogen functional groups attached to an aromatic ring is 1. The molecule has 0 saturated heterocycles. The monoisotopic (exact) mass is 398 g/mol. The van der Waals surface area contributed by atoms with Crippen molar-refractivity contribution >= 4 is 28.9 Å². The molecule has 4 aliphatic carbocycles. The molecule has 4 bridgehead atoms. The standard InChI is InChI=1S/C22H27ClN4O/c1-13(22-8-14-4-15(9-22)6-16(5-14)10-22)27-21(28)17(11-24)12-26-18-2-3-20(25)19(23)7-18/h2-3,7,12-16,26H,4-6,8-10,25H2,1H3,(H,27,28)/b17-12-. The van der Waals surface area contributed by atoms with Crippen LogP contribution < -0.4 is 16.4 Å². The first-order chi connectivity index (χ1) is 13.4. The molecule has 0 spiro atoms. The molecule has 1 unspecified atom stereocenters. The molecule has 148 valence electrons. The molecule has 4 fully saturated rings. The van der Waals surface area contributed by atoms with E-state index in [4.69, 9.17) is 17.3 Å². The smallest absolute Gasteiger partial charge is 0.263 e. The Labute approximate surface area is 171 Å². The fourth-order valence-corrected chi connectivity index (χ4v) is 6.24. The lowest BCUT2D eigenvalue weighted by Gasteiger charge is -2.59. The van der Waals surface area contributed by atoms with Gasteiger partial charge in [-0.05, 0) is 86.8 Å². The lowest BCUT2D eigenvalue weighted by molar-refractivity contribution is -0.122. The molecule has 6 heteroatoms. The van der Waals surface area contributed by atoms with Crippen LogP contribution >= 0.6 is 11.6 Å². The minimum absolute atomic E-state index is 0.0597. The maximum absolute atomic E-state index is 12.7. The highest BCUT2D eigenvalue weighted by Crippen LogP contribution is 2.61. The van der Waals surface area contributed by atoms with Gasteiger partial charge in [0, 0.05) is 17.9 Å². The van der Waals surface area contributed by atoms with Crippen LogP contribution in [-0.4, -0.2) is 11.9 Å². The molecule has 4 saturated carbocycles. The molecule has 5 rings (SSSR count). The van der Waals surface area contributed by atoms with Crippen LogP contribution in [-0.2, 0) is 4.79 Å². The Hall–Kier alpha value is -2.19. The summed E-state index contributed by atoms with van der Waals surface area (Å²) in [6.07, 6.45) is 9.20. The second kappa shape index (κ2) is 7.33. The molecule has 1 aromatic rings. The molecular formula is C22H27ClN4O. The third kappa shape index (κ3) is 3.58. The molecule has 0 aliphatic heterocycles. The summed E-state index contributed by atoms with van der Waals surface area (Å²) in [6.45, 7) is 2.12. The van der Waals surface area contributed by atoms with Gasteiger partial charge >= 0.3 is 0 Å². The third-order valence-corrected chi connectivity index (χ3v) is 7.43. The number of amides is 1. The van der Waals surface area contributed by atoms with Crippen molar-refractivity contribution in [2.45, 2.75) is 51.5 Å². The molecule has 5 nitrogen and oxygen atoms in total. The number of nitriles is 1. The van der Waals surface area contributed by atoms with Crippen molar-refractivity contribution in [1.82, 2.24) is 5.32 Å². The fraction of sp³-hybridized carbons (Fsp3) is 0.545. The molecule has 4 N–H and O–H groups in total. The lowest BCUT2D eigenvalue weighted by atomic mass is 9.48. The third-order valence-electron chi connectivity index (χ3n) is 7.10. The number of rotatable bonds is 5. The molecule has 1 atom stereocenters. The molecule has 1 amide bonds. The maximum atomic E-state index is 12.7. The number of hydrogen-bond acceptors (Lipinski definition) is 4. The zero-order chi connectivity index (χ0) is 19.9. The summed E-state index contributed by atoms with van der Waals surface area (Å²) < 4.78 is 0. The van der Waals surface area contributed by atoms with Crippen LogP contribution in [0.15, 0.2) is 30.0 Å². The van der Waals surface area contributed by atoms with Gasteiger partial charge in [0.15, 0.2) is 0 Å². The SMILES string of the molecule is CC(NC(=O)/C(C#N)=C\Nc1ccc(N)c(Cl)c1)C12CC3CC(CC(C3)C1)C2. The molecule has 4 aliphatic rings. The molecule has 28 heavy (non-hydrogen) atoms. The van der Waals surface area contributed by atoms with Crippen LogP contribution in [0.4, 0.5) is 11.4 Å². The number of nitrogens with one attached hydrogen (secondary N) is 2. The molecular weight excluding hydrogens is 372 g/mol. The summed E-state index contributed by atoms with van der Waals surface area (Å²) >= 11 is 6.01. The zero-order valence-corrected chi connectivity index (χ0v) is 16.9. The second-order valence-corrected chi connectivity index (χ2v) is 9.43. The summed E-state index contributed by atoms with van der Waals surface area (Å²) in [6, 6.07) is 7.18. The average molecular weight is 399 g/mol. The number of hydrogen-bond donors (Lipinski definition) is 3. The Morgan fingerprint density at radius 3 is 2.43 bits per heavy atom. The number of benzene rings is 1. The van der Waals surface area contributed by atoms with E-state index in [2.05, 4.69) is 17.6 Å². The predicted molar refractivity (Wildman–Crippen MR) is 111 cm³/mol. The van der Waals surface area contributed by atoms with E-state index in [1.165, 1.54) is 44.7 Å². The van der Waals surface area contributed by atoms with Crippen molar-refractivity contribution in [3.63, 3.8) is 0 Å². The Balaban J connectivity index is 1.43. The van der Waals surface area contributed by atoms with E-state index in [-0.39, 0.29) is 22.9 Å². The maximum Gasteiger partial charge on any atom is 0.263 e. The highest BCUT2D eigenvalue weighted by molar-refractivity contribution is 6.33. The summed E-state index contributed by atoms with van der Waals surface area (Å²) in [5.74, 6) is 2.16. The van der Waals surface area contributed by atoms with Crippen LogP contribution in [0.25, 0.3) is 0 Å². The van der Waals surface area contributed by atoms with Gasteiger partial charge in [-0.25, -0.2) is 0 Å². The van der Waals surface area contributed by atoms with Crippen LogP contribution in [0.3, 0.4) is 0 Å². The van der Waals surface area contributed by atoms with E-state index in [0.717, 1.165) is 17.8 Å². The topological polar surface area (TPSA) is 90.9 Å². The van der Waals surface area contributed by atoms with Crippen molar-refractivity contribution in [3.05, 3.63) is 35.0 Å². The summed E-state index contributed by atoms with van der Waals surface area (Å²) in [4.78, 5) is 12.7. The van der Waals surface area contributed by atoms with Crippen LogP contribution in [0.2, 0.25) is 5.02 Å². The van der Waals surface area contributed by atoms with E-state index >= 15 is 0 Å². The van der Waals surface area contributed by atoms with E-state index in [1.54, 1.807) is 18.2 Å². The van der Waals surface area contributed by atoms with Crippen LogP contribution in [0.5, 0.6) is 0 Å². The van der Waals surface area contributed by atoms with E-state index < -0.39 is 0 Å². The van der Waals surface area contributed by atoms with Gasteiger partial charge in [-0.15, -0.1) is 0 Å². The van der Waals surface area contributed by atoms with Gasteiger partial charge in [0.05, 0.1) is 10.7 Å². The van der Waals surface area contributed by atoms with Gasteiger partial charge in [-0.2, -0.15) is 5.26 Å². The number of carbonyl (C=O) groups is 1. The molecule has 1 aromatic carbocycles. The Kier molecular flexibility index (Phi) is 5.01. The van der Waals surface area contributed by atoms with E-state index in [0.29, 0.717) is 16.4 Å². The minimum Gasteiger partial charge on any atom is -0.398 e. The summed E-state index contributed by atoms with van der Waals surface area (Å²) in [5, 5.41) is 16.0. The molecule has 0 heterocycles. The van der Waals surface area contributed by atoms with Crippen molar-refractivity contribution < 1.29 is 4.79 Å². The highest BCUT2D eigenvalue weighted by Gasteiger charge is 2.53. The molecule has 0 aromatic heterocycles. The first kappa shape index (κ1) is 19.1. The van der Waals surface area contributed by atoms with Gasteiger partial charge in [0.2, 0.25) is 0 Å². The Morgan fingerprint density at radius 1 is 1.29 bits per heavy atom. The Bertz CT molecular complexity index is 821. The van der Waals surface area contributed by atoms with Crippen LogP contribution in [0.1, 0.15) is 45.4 Å².